The van der Waals surface area contributed by atoms with Crippen LogP contribution in [-0.4, -0.2) is 29.8 Å². The van der Waals surface area contributed by atoms with Crippen molar-refractivity contribution in [2.75, 3.05) is 17.7 Å². The molecule has 1 aromatic heterocycles. The molecule has 2 aromatic carbocycles. The maximum absolute atomic E-state index is 13.4. The Morgan fingerprint density at radius 3 is 2.18 bits per heavy atom. The zero-order valence-corrected chi connectivity index (χ0v) is 17.4. The molecule has 0 atom stereocenters. The normalized spacial score (nSPS) is 10.9. The minimum absolute atomic E-state index is 0.121. The highest BCUT2D eigenvalue weighted by Gasteiger charge is 2.34. The Hall–Kier alpha value is -4.48. The van der Waals surface area contributed by atoms with Crippen molar-refractivity contribution in [3.05, 3.63) is 77.9 Å². The quantitative estimate of drug-likeness (QED) is 0.382. The van der Waals surface area contributed by atoms with E-state index in [0.29, 0.717) is 12.1 Å². The molecule has 176 valence electrons. The number of hydrogen-bond donors (Lipinski definition) is 3. The van der Waals surface area contributed by atoms with Crippen molar-refractivity contribution >= 4 is 29.1 Å². The van der Waals surface area contributed by atoms with Gasteiger partial charge >= 0.3 is 18.0 Å². The van der Waals surface area contributed by atoms with E-state index >= 15 is 0 Å². The summed E-state index contributed by atoms with van der Waals surface area (Å²) in [4.78, 5) is 39.9. The third kappa shape index (κ3) is 6.06. The van der Waals surface area contributed by atoms with E-state index in [1.807, 2.05) is 5.32 Å². The summed E-state index contributed by atoms with van der Waals surface area (Å²) in [6.07, 6.45) is -3.60. The highest BCUT2D eigenvalue weighted by atomic mass is 19.4. The van der Waals surface area contributed by atoms with Gasteiger partial charge in [0.25, 0.3) is 5.91 Å². The second-order valence-corrected chi connectivity index (χ2v) is 6.69. The van der Waals surface area contributed by atoms with Crippen LogP contribution in [0.2, 0.25) is 0 Å². The van der Waals surface area contributed by atoms with Gasteiger partial charge in [-0.25, -0.2) is 4.39 Å². The second-order valence-electron chi connectivity index (χ2n) is 6.69. The lowest BCUT2D eigenvalue weighted by atomic mass is 10.2. The van der Waals surface area contributed by atoms with Gasteiger partial charge in [-0.2, -0.15) is 13.2 Å². The van der Waals surface area contributed by atoms with Gasteiger partial charge in [-0.3, -0.25) is 19.4 Å². The van der Waals surface area contributed by atoms with Gasteiger partial charge in [-0.1, -0.05) is 6.07 Å². The molecule has 0 aliphatic carbocycles. The van der Waals surface area contributed by atoms with Crippen LogP contribution < -0.4 is 20.7 Å². The van der Waals surface area contributed by atoms with Crippen LogP contribution in [0.25, 0.3) is 0 Å². The molecule has 0 saturated carbocycles. The van der Waals surface area contributed by atoms with Crippen LogP contribution in [-0.2, 0) is 15.8 Å². The highest BCUT2D eigenvalue weighted by molar-refractivity contribution is 6.43. The average Bonchev–Trinajstić information content (AvgIpc) is 2.79. The first kappa shape index (κ1) is 24.2. The van der Waals surface area contributed by atoms with Gasteiger partial charge in [0.05, 0.1) is 5.56 Å². The van der Waals surface area contributed by atoms with E-state index in [1.165, 1.54) is 43.6 Å². The molecule has 3 amide bonds. The van der Waals surface area contributed by atoms with Crippen molar-refractivity contribution in [1.82, 2.24) is 10.3 Å². The van der Waals surface area contributed by atoms with Gasteiger partial charge in [-0.05, 0) is 36.4 Å². The Morgan fingerprint density at radius 1 is 0.882 bits per heavy atom. The van der Waals surface area contributed by atoms with E-state index in [0.717, 1.165) is 6.07 Å². The molecule has 0 fully saturated rings. The molecule has 0 bridgehead atoms. The number of halogens is 4. The predicted octanol–water partition coefficient (Wildman–Crippen LogP) is 3.97. The fourth-order valence-corrected chi connectivity index (χ4v) is 2.70. The minimum Gasteiger partial charge on any atom is -0.457 e. The van der Waals surface area contributed by atoms with Crippen LogP contribution in [0.3, 0.4) is 0 Å². The van der Waals surface area contributed by atoms with E-state index in [2.05, 4.69) is 15.6 Å². The van der Waals surface area contributed by atoms with Crippen molar-refractivity contribution in [3.8, 4) is 11.5 Å². The minimum atomic E-state index is -4.97. The van der Waals surface area contributed by atoms with Crippen LogP contribution in [0, 0.1) is 5.82 Å². The number of alkyl halides is 3. The van der Waals surface area contributed by atoms with Crippen molar-refractivity contribution < 1.29 is 36.7 Å². The Balaban J connectivity index is 1.67. The summed E-state index contributed by atoms with van der Waals surface area (Å²) < 4.78 is 57.5. The first-order valence-corrected chi connectivity index (χ1v) is 9.52. The van der Waals surface area contributed by atoms with E-state index in [9.17, 15) is 31.9 Å². The van der Waals surface area contributed by atoms with Crippen LogP contribution in [0.5, 0.6) is 11.5 Å². The molecular weight excluding hydrogens is 460 g/mol. The zero-order valence-electron chi connectivity index (χ0n) is 17.4. The monoisotopic (exact) mass is 476 g/mol. The summed E-state index contributed by atoms with van der Waals surface area (Å²) in [5, 5.41) is 6.69. The van der Waals surface area contributed by atoms with Crippen molar-refractivity contribution in [1.29, 1.82) is 0 Å². The molecule has 1 heterocycles. The number of carbonyl (C=O) groups excluding carboxylic acids is 3. The average molecular weight is 476 g/mol. The van der Waals surface area contributed by atoms with E-state index in [4.69, 9.17) is 4.74 Å². The summed E-state index contributed by atoms with van der Waals surface area (Å²) in [6, 6.07) is 10.6. The standard InChI is InChI=1S/C22H16F4N4O4/c1-27-19(31)18-11-15(7-8-28-18)34-14-4-2-3-12(9-14)29-20(32)21(33)30-13-5-6-17(23)16(10-13)22(24,25)26/h2-11H,1H3,(H,27,31)(H,29,32)(H,30,33). The molecule has 0 unspecified atom stereocenters. The molecule has 0 aliphatic heterocycles. The molecule has 0 spiro atoms. The molecule has 12 heteroatoms. The number of nitrogens with one attached hydrogen (secondary N) is 3. The fraction of sp³-hybridized carbons (Fsp3) is 0.0909. The number of aromatic nitrogens is 1. The second kappa shape index (κ2) is 9.98. The number of rotatable bonds is 5. The van der Waals surface area contributed by atoms with Crippen LogP contribution in [0.1, 0.15) is 16.1 Å². The molecule has 3 aromatic rings. The molecule has 0 saturated heterocycles. The van der Waals surface area contributed by atoms with Gasteiger partial charge in [-0.15, -0.1) is 0 Å². The molecule has 3 N–H and O–H groups in total. The topological polar surface area (TPSA) is 109 Å². The maximum atomic E-state index is 13.4. The van der Waals surface area contributed by atoms with E-state index in [1.54, 1.807) is 6.07 Å². The fourth-order valence-electron chi connectivity index (χ4n) is 2.70. The molecule has 0 radical (unpaired) electrons. The smallest absolute Gasteiger partial charge is 0.419 e. The molecule has 0 aliphatic rings. The number of amides is 3. The number of nitrogens with zero attached hydrogens (tertiary/aromatic N) is 1. The summed E-state index contributed by atoms with van der Waals surface area (Å²) in [6.45, 7) is 0. The molecular formula is C22H16F4N4O4. The zero-order chi connectivity index (χ0) is 24.9. The summed E-state index contributed by atoms with van der Waals surface area (Å²) in [7, 11) is 1.45. The summed E-state index contributed by atoms with van der Waals surface area (Å²) in [5.41, 5.74) is -1.72. The van der Waals surface area contributed by atoms with Crippen LogP contribution >= 0.6 is 0 Å². The molecule has 34 heavy (non-hydrogen) atoms. The number of pyridine rings is 1. The Morgan fingerprint density at radius 2 is 1.53 bits per heavy atom. The van der Waals surface area contributed by atoms with E-state index < -0.39 is 41.0 Å². The summed E-state index contributed by atoms with van der Waals surface area (Å²) in [5.74, 6) is -3.84. The first-order valence-electron chi connectivity index (χ1n) is 9.52. The number of hydrogen-bond acceptors (Lipinski definition) is 5. The lowest BCUT2D eigenvalue weighted by Gasteiger charge is -2.11. The van der Waals surface area contributed by atoms with Gasteiger partial charge < -0.3 is 20.7 Å². The Labute approximate surface area is 189 Å². The SMILES string of the molecule is CNC(=O)c1cc(Oc2cccc(NC(=O)C(=O)Nc3ccc(F)c(C(F)(F)F)c3)c2)ccn1. The largest absolute Gasteiger partial charge is 0.457 e. The number of carbonyl (C=O) groups is 3. The van der Waals surface area contributed by atoms with E-state index in [-0.39, 0.29) is 22.9 Å². The lowest BCUT2D eigenvalue weighted by Crippen LogP contribution is -2.29. The lowest BCUT2D eigenvalue weighted by molar-refractivity contribution is -0.140. The van der Waals surface area contributed by atoms with Gasteiger partial charge in [0, 0.05) is 36.8 Å². The molecule has 3 rings (SSSR count). The van der Waals surface area contributed by atoms with Crippen LogP contribution in [0.4, 0.5) is 28.9 Å². The van der Waals surface area contributed by atoms with Gasteiger partial charge in [0.1, 0.15) is 23.0 Å². The molecule has 8 nitrogen and oxygen atoms in total. The third-order valence-corrected chi connectivity index (χ3v) is 4.25. The Kier molecular flexibility index (Phi) is 7.09. The van der Waals surface area contributed by atoms with Gasteiger partial charge in [0.15, 0.2) is 0 Å². The predicted molar refractivity (Wildman–Crippen MR) is 113 cm³/mol. The summed E-state index contributed by atoms with van der Waals surface area (Å²) >= 11 is 0. The highest BCUT2D eigenvalue weighted by Crippen LogP contribution is 2.33. The maximum Gasteiger partial charge on any atom is 0.419 e. The van der Waals surface area contributed by atoms with Crippen LogP contribution in [0.15, 0.2) is 60.8 Å². The van der Waals surface area contributed by atoms with Gasteiger partial charge in [0.2, 0.25) is 0 Å². The first-order chi connectivity index (χ1) is 16.1. The van der Waals surface area contributed by atoms with Crippen molar-refractivity contribution in [2.24, 2.45) is 0 Å². The third-order valence-electron chi connectivity index (χ3n) is 4.25. The van der Waals surface area contributed by atoms with Crippen molar-refractivity contribution in [2.45, 2.75) is 6.18 Å². The number of ether oxygens (including phenoxy) is 1. The number of benzene rings is 2. The number of anilines is 2. The Bertz CT molecular complexity index is 1250. The van der Waals surface area contributed by atoms with Crippen molar-refractivity contribution in [3.63, 3.8) is 0 Å².